The Labute approximate surface area is 163 Å². The molecule has 1 rings (SSSR count). The van der Waals surface area contributed by atoms with Crippen LogP contribution in [0.5, 0.6) is 5.75 Å². The van der Waals surface area contributed by atoms with Crippen molar-refractivity contribution in [1.29, 1.82) is 0 Å². The van der Waals surface area contributed by atoms with Gasteiger partial charge < -0.3 is 19.9 Å². The van der Waals surface area contributed by atoms with Crippen molar-refractivity contribution in [3.05, 3.63) is 42.5 Å². The molecule has 152 valence electrons. The molecule has 0 aliphatic heterocycles. The summed E-state index contributed by atoms with van der Waals surface area (Å²) in [4.78, 5) is 12.3. The Morgan fingerprint density at radius 3 is 2.41 bits per heavy atom. The van der Waals surface area contributed by atoms with Gasteiger partial charge in [-0.05, 0) is 29.5 Å². The van der Waals surface area contributed by atoms with Gasteiger partial charge in [-0.25, -0.2) is 0 Å². The SMILES string of the molecule is C=CC[C@H](OC(=O)[C@@H](N)CC(C)(C)C)[C@H](C)COCc1ccc(OC)cc1. The van der Waals surface area contributed by atoms with Gasteiger partial charge in [-0.2, -0.15) is 0 Å². The van der Waals surface area contributed by atoms with Gasteiger partial charge in [0.2, 0.25) is 0 Å². The normalized spacial score (nSPS) is 14.9. The zero-order valence-corrected chi connectivity index (χ0v) is 17.4. The van der Waals surface area contributed by atoms with Crippen molar-refractivity contribution in [2.75, 3.05) is 13.7 Å². The van der Waals surface area contributed by atoms with E-state index in [1.807, 2.05) is 31.2 Å². The van der Waals surface area contributed by atoms with Crippen LogP contribution in [0.25, 0.3) is 0 Å². The maximum atomic E-state index is 12.3. The number of benzene rings is 1. The average molecular weight is 378 g/mol. The quantitative estimate of drug-likeness (QED) is 0.464. The third-order valence-electron chi connectivity index (χ3n) is 4.24. The van der Waals surface area contributed by atoms with Crippen LogP contribution in [0.2, 0.25) is 0 Å². The highest BCUT2D eigenvalue weighted by Crippen LogP contribution is 2.22. The van der Waals surface area contributed by atoms with E-state index in [2.05, 4.69) is 27.4 Å². The summed E-state index contributed by atoms with van der Waals surface area (Å²) < 4.78 is 16.6. The second-order valence-electron chi connectivity index (χ2n) is 8.21. The van der Waals surface area contributed by atoms with Crippen LogP contribution in [0, 0.1) is 11.3 Å². The van der Waals surface area contributed by atoms with Crippen molar-refractivity contribution in [3.8, 4) is 5.75 Å². The molecule has 1 aromatic carbocycles. The van der Waals surface area contributed by atoms with Gasteiger partial charge in [-0.3, -0.25) is 4.79 Å². The zero-order valence-electron chi connectivity index (χ0n) is 17.4. The van der Waals surface area contributed by atoms with Crippen molar-refractivity contribution in [2.24, 2.45) is 17.1 Å². The molecular weight excluding hydrogens is 342 g/mol. The first-order valence-corrected chi connectivity index (χ1v) is 9.44. The summed E-state index contributed by atoms with van der Waals surface area (Å²) in [5.41, 5.74) is 7.04. The van der Waals surface area contributed by atoms with Crippen LogP contribution >= 0.6 is 0 Å². The number of hydrogen-bond acceptors (Lipinski definition) is 5. The van der Waals surface area contributed by atoms with Gasteiger partial charge in [-0.15, -0.1) is 6.58 Å². The summed E-state index contributed by atoms with van der Waals surface area (Å²) in [5, 5.41) is 0. The Morgan fingerprint density at radius 1 is 1.26 bits per heavy atom. The second-order valence-corrected chi connectivity index (χ2v) is 8.21. The summed E-state index contributed by atoms with van der Waals surface area (Å²) in [6.45, 7) is 12.9. The lowest BCUT2D eigenvalue weighted by Crippen LogP contribution is -2.39. The third kappa shape index (κ3) is 9.07. The molecule has 5 nitrogen and oxygen atoms in total. The van der Waals surface area contributed by atoms with Gasteiger partial charge >= 0.3 is 5.97 Å². The van der Waals surface area contributed by atoms with Crippen LogP contribution in [-0.4, -0.2) is 31.8 Å². The molecule has 0 aromatic heterocycles. The van der Waals surface area contributed by atoms with Gasteiger partial charge in [0.1, 0.15) is 17.9 Å². The highest BCUT2D eigenvalue weighted by Gasteiger charge is 2.27. The predicted octanol–water partition coefficient (Wildman–Crippen LogP) is 4.10. The molecule has 0 saturated heterocycles. The summed E-state index contributed by atoms with van der Waals surface area (Å²) in [6, 6.07) is 7.12. The van der Waals surface area contributed by atoms with E-state index in [-0.39, 0.29) is 23.4 Å². The number of hydrogen-bond donors (Lipinski definition) is 1. The monoisotopic (exact) mass is 377 g/mol. The van der Waals surface area contributed by atoms with Gasteiger partial charge in [0, 0.05) is 12.3 Å². The highest BCUT2D eigenvalue weighted by molar-refractivity contribution is 5.75. The Balaban J connectivity index is 2.52. The first kappa shape index (κ1) is 23.2. The molecular formula is C22H35NO4. The molecule has 3 atom stereocenters. The topological polar surface area (TPSA) is 70.8 Å². The maximum Gasteiger partial charge on any atom is 0.323 e. The molecule has 0 aliphatic carbocycles. The van der Waals surface area contributed by atoms with Gasteiger partial charge in [0.05, 0.1) is 20.3 Å². The summed E-state index contributed by atoms with van der Waals surface area (Å²) in [7, 11) is 1.64. The molecule has 0 amide bonds. The first-order valence-electron chi connectivity index (χ1n) is 9.44. The molecule has 0 heterocycles. The van der Waals surface area contributed by atoms with E-state index in [1.54, 1.807) is 13.2 Å². The molecule has 1 aromatic rings. The van der Waals surface area contributed by atoms with Crippen molar-refractivity contribution < 1.29 is 19.0 Å². The number of nitrogens with two attached hydrogens (primary N) is 1. The molecule has 5 heteroatoms. The van der Waals surface area contributed by atoms with Crippen LogP contribution in [0.1, 0.15) is 46.1 Å². The smallest absolute Gasteiger partial charge is 0.323 e. The largest absolute Gasteiger partial charge is 0.497 e. The first-order chi connectivity index (χ1) is 12.7. The number of methoxy groups -OCH3 is 1. The van der Waals surface area contributed by atoms with Crippen LogP contribution in [-0.2, 0) is 20.9 Å². The minimum absolute atomic E-state index is 0.0283. The van der Waals surface area contributed by atoms with Crippen molar-refractivity contribution in [3.63, 3.8) is 0 Å². The van der Waals surface area contributed by atoms with E-state index >= 15 is 0 Å². The number of carbonyl (C=O) groups excluding carboxylic acids is 1. The van der Waals surface area contributed by atoms with Crippen LogP contribution in [0.15, 0.2) is 36.9 Å². The van der Waals surface area contributed by atoms with E-state index in [9.17, 15) is 4.79 Å². The lowest BCUT2D eigenvalue weighted by molar-refractivity contribution is -0.155. The number of esters is 1. The molecule has 0 bridgehead atoms. The Bertz CT molecular complexity index is 577. The second kappa shape index (κ2) is 11.1. The number of rotatable bonds is 11. The fourth-order valence-corrected chi connectivity index (χ4v) is 2.73. The standard InChI is InChI=1S/C22H35NO4/c1-7-8-20(27-21(24)19(23)13-22(3,4)5)16(2)14-26-15-17-9-11-18(25-6)12-10-17/h7,9-12,16,19-20H,1,8,13-15,23H2,2-6H3/t16-,19+,20+/m1/s1. The Kier molecular flexibility index (Phi) is 9.53. The molecule has 0 fully saturated rings. The van der Waals surface area contributed by atoms with Crippen molar-refractivity contribution in [1.82, 2.24) is 0 Å². The number of carbonyl (C=O) groups is 1. The zero-order chi connectivity index (χ0) is 20.4. The third-order valence-corrected chi connectivity index (χ3v) is 4.24. The highest BCUT2D eigenvalue weighted by atomic mass is 16.5. The Hall–Kier alpha value is -1.85. The van der Waals surface area contributed by atoms with E-state index in [4.69, 9.17) is 19.9 Å². The van der Waals surface area contributed by atoms with E-state index < -0.39 is 6.04 Å². The van der Waals surface area contributed by atoms with Gasteiger partial charge in [0.15, 0.2) is 0 Å². The molecule has 0 saturated carbocycles. The summed E-state index contributed by atoms with van der Waals surface area (Å²) in [5.74, 6) is 0.488. The molecule has 27 heavy (non-hydrogen) atoms. The fourth-order valence-electron chi connectivity index (χ4n) is 2.73. The van der Waals surface area contributed by atoms with Crippen LogP contribution < -0.4 is 10.5 Å². The van der Waals surface area contributed by atoms with Crippen LogP contribution in [0.4, 0.5) is 0 Å². The minimum atomic E-state index is -0.621. The minimum Gasteiger partial charge on any atom is -0.497 e. The van der Waals surface area contributed by atoms with E-state index in [0.29, 0.717) is 26.1 Å². The van der Waals surface area contributed by atoms with Gasteiger partial charge in [0.25, 0.3) is 0 Å². The van der Waals surface area contributed by atoms with Gasteiger partial charge in [-0.1, -0.05) is 45.9 Å². The summed E-state index contributed by atoms with van der Waals surface area (Å²) in [6.07, 6.45) is 2.61. The van der Waals surface area contributed by atoms with Crippen LogP contribution in [0.3, 0.4) is 0 Å². The molecule has 0 radical (unpaired) electrons. The Morgan fingerprint density at radius 2 is 1.89 bits per heavy atom. The maximum absolute atomic E-state index is 12.3. The predicted molar refractivity (Wildman–Crippen MR) is 109 cm³/mol. The molecule has 0 spiro atoms. The molecule has 0 unspecified atom stereocenters. The molecule has 0 aliphatic rings. The number of ether oxygens (including phenoxy) is 3. The average Bonchev–Trinajstić information content (AvgIpc) is 2.60. The van der Waals surface area contributed by atoms with Crippen molar-refractivity contribution >= 4 is 5.97 Å². The lowest BCUT2D eigenvalue weighted by Gasteiger charge is -2.27. The van der Waals surface area contributed by atoms with Crippen molar-refractivity contribution in [2.45, 2.75) is 59.3 Å². The van der Waals surface area contributed by atoms with E-state index in [1.165, 1.54) is 0 Å². The molecule has 2 N–H and O–H groups in total. The lowest BCUT2D eigenvalue weighted by atomic mass is 9.88. The van der Waals surface area contributed by atoms with E-state index in [0.717, 1.165) is 11.3 Å². The fraction of sp³-hybridized carbons (Fsp3) is 0.591. The summed E-state index contributed by atoms with van der Waals surface area (Å²) >= 11 is 0.